The SMILES string of the molecule is CCc1c(C(=O)N(C)C)nn2c1CN(c1nc(OC)nc3c1COC(c1cc(N)cc(Cl)c1C(F)(F)F)C3)CCC2.FC1CC2CCCN2C1. The third-order valence-electron chi connectivity index (χ3n) is 9.84. The Kier molecular flexibility index (Phi) is 10.5. The lowest BCUT2D eigenvalue weighted by Crippen LogP contribution is -2.29. The fourth-order valence-electron chi connectivity index (χ4n) is 7.52. The van der Waals surface area contributed by atoms with Gasteiger partial charge in [-0.3, -0.25) is 14.4 Å². The molecule has 0 spiro atoms. The Hall–Kier alpha value is -3.69. The number of amides is 1. The summed E-state index contributed by atoms with van der Waals surface area (Å²) >= 11 is 5.99. The van der Waals surface area contributed by atoms with Crippen molar-refractivity contribution in [3.63, 3.8) is 0 Å². The van der Waals surface area contributed by atoms with Gasteiger partial charge in [-0.25, -0.2) is 4.39 Å². The van der Waals surface area contributed by atoms with Crippen LogP contribution in [0, 0.1) is 0 Å². The topological polar surface area (TPSA) is 115 Å². The Morgan fingerprint density at radius 2 is 1.96 bits per heavy atom. The lowest BCUT2D eigenvalue weighted by atomic mass is 9.94. The maximum Gasteiger partial charge on any atom is 0.418 e. The minimum Gasteiger partial charge on any atom is -0.467 e. The zero-order chi connectivity index (χ0) is 35.9. The first-order valence-electron chi connectivity index (χ1n) is 16.9. The van der Waals surface area contributed by atoms with Crippen LogP contribution in [0.1, 0.15) is 82.8 Å². The minimum absolute atomic E-state index is 0.0240. The molecule has 6 heterocycles. The highest BCUT2D eigenvalue weighted by Crippen LogP contribution is 2.44. The van der Waals surface area contributed by atoms with Crippen LogP contribution < -0.4 is 15.4 Å². The number of hydrogen-bond acceptors (Lipinski definition) is 9. The number of anilines is 2. The first kappa shape index (κ1) is 36.1. The van der Waals surface area contributed by atoms with Crippen molar-refractivity contribution in [2.24, 2.45) is 0 Å². The molecule has 50 heavy (non-hydrogen) atoms. The second-order valence-corrected chi connectivity index (χ2v) is 13.8. The van der Waals surface area contributed by atoms with Crippen LogP contribution in [0.4, 0.5) is 29.1 Å². The molecule has 0 bridgehead atoms. The standard InChI is InChI=1S/C27H31ClF3N7O3.C7H12FN/c1-5-15-20-12-37(7-6-8-38(20)35-23(15)25(39)36(2)3)24-17-13-41-21(11-19(17)33-26(34-24)40-4)16-9-14(32)10-18(28)22(16)27(29,30)31;8-6-4-7-2-1-3-9(7)5-6/h9-10,21H,5-8,11-13,32H2,1-4H3;6-7H,1-5H2. The molecular formula is C34H43ClF4N8O3. The third-order valence-corrected chi connectivity index (χ3v) is 10.1. The Morgan fingerprint density at radius 3 is 2.64 bits per heavy atom. The van der Waals surface area contributed by atoms with Crippen molar-refractivity contribution >= 4 is 29.0 Å². The van der Waals surface area contributed by atoms with Crippen LogP contribution in [0.3, 0.4) is 0 Å². The molecule has 4 aliphatic rings. The maximum atomic E-state index is 14.0. The van der Waals surface area contributed by atoms with E-state index >= 15 is 0 Å². The molecule has 11 nitrogen and oxygen atoms in total. The Balaban J connectivity index is 0.000000412. The summed E-state index contributed by atoms with van der Waals surface area (Å²) in [5, 5.41) is 4.16. The summed E-state index contributed by atoms with van der Waals surface area (Å²) in [7, 11) is 4.83. The van der Waals surface area contributed by atoms with Gasteiger partial charge in [0.15, 0.2) is 5.69 Å². The number of halogens is 5. The molecule has 2 aromatic heterocycles. The summed E-state index contributed by atoms with van der Waals surface area (Å²) in [6.07, 6.45) is -1.47. The van der Waals surface area contributed by atoms with Gasteiger partial charge in [0, 0.05) is 63.0 Å². The third kappa shape index (κ3) is 7.22. The molecule has 2 N–H and O–H groups in total. The lowest BCUT2D eigenvalue weighted by Gasteiger charge is -2.31. The number of nitrogen functional groups attached to an aromatic ring is 1. The van der Waals surface area contributed by atoms with Gasteiger partial charge in [-0.2, -0.15) is 28.2 Å². The van der Waals surface area contributed by atoms with Gasteiger partial charge in [-0.05, 0) is 56.3 Å². The average molecular weight is 723 g/mol. The van der Waals surface area contributed by atoms with Gasteiger partial charge in [-0.15, -0.1) is 0 Å². The van der Waals surface area contributed by atoms with E-state index in [1.54, 1.807) is 14.1 Å². The van der Waals surface area contributed by atoms with Gasteiger partial charge in [0.1, 0.15) is 12.0 Å². The second kappa shape index (κ2) is 14.5. The van der Waals surface area contributed by atoms with Crippen molar-refractivity contribution in [3.8, 4) is 6.01 Å². The maximum absolute atomic E-state index is 14.0. The summed E-state index contributed by atoms with van der Waals surface area (Å²) in [6.45, 7) is 5.50. The predicted molar refractivity (Wildman–Crippen MR) is 180 cm³/mol. The van der Waals surface area contributed by atoms with E-state index in [2.05, 4.69) is 24.9 Å². The Labute approximate surface area is 293 Å². The number of carbonyl (C=O) groups is 1. The number of hydrogen-bond donors (Lipinski definition) is 1. The first-order chi connectivity index (χ1) is 23.8. The van der Waals surface area contributed by atoms with Crippen LogP contribution in [0.2, 0.25) is 5.02 Å². The van der Waals surface area contributed by atoms with Crippen molar-refractivity contribution < 1.29 is 31.8 Å². The number of methoxy groups -OCH3 is 1. The molecule has 272 valence electrons. The van der Waals surface area contributed by atoms with Crippen LogP contribution in [0.15, 0.2) is 12.1 Å². The van der Waals surface area contributed by atoms with Crippen molar-refractivity contribution in [2.75, 3.05) is 51.5 Å². The van der Waals surface area contributed by atoms with E-state index in [4.69, 9.17) is 26.8 Å². The monoisotopic (exact) mass is 722 g/mol. The molecule has 2 saturated heterocycles. The van der Waals surface area contributed by atoms with E-state index in [-0.39, 0.29) is 36.2 Å². The molecule has 3 aromatic rings. The molecule has 2 fully saturated rings. The molecule has 7 rings (SSSR count). The van der Waals surface area contributed by atoms with Gasteiger partial charge in [0.05, 0.1) is 48.3 Å². The summed E-state index contributed by atoms with van der Waals surface area (Å²) in [5.41, 5.74) is 8.27. The Bertz CT molecular complexity index is 1720. The molecule has 1 amide bonds. The van der Waals surface area contributed by atoms with Crippen LogP contribution >= 0.6 is 11.6 Å². The summed E-state index contributed by atoms with van der Waals surface area (Å²) < 4.78 is 67.8. The number of nitrogens with zero attached hydrogens (tertiary/aromatic N) is 7. The number of alkyl halides is 4. The predicted octanol–water partition coefficient (Wildman–Crippen LogP) is 5.62. The molecule has 3 unspecified atom stereocenters. The molecule has 1 aromatic carbocycles. The molecule has 0 saturated carbocycles. The average Bonchev–Trinajstić information content (AvgIpc) is 3.70. The van der Waals surface area contributed by atoms with Crippen LogP contribution in [0.25, 0.3) is 0 Å². The molecule has 0 radical (unpaired) electrons. The van der Waals surface area contributed by atoms with Gasteiger partial charge >= 0.3 is 12.2 Å². The van der Waals surface area contributed by atoms with E-state index in [1.165, 1.54) is 30.9 Å². The van der Waals surface area contributed by atoms with Crippen LogP contribution in [0.5, 0.6) is 6.01 Å². The zero-order valence-electron chi connectivity index (χ0n) is 28.7. The highest BCUT2D eigenvalue weighted by Gasteiger charge is 2.40. The number of benzene rings is 1. The van der Waals surface area contributed by atoms with Crippen LogP contribution in [-0.4, -0.2) is 88.5 Å². The molecule has 3 atom stereocenters. The van der Waals surface area contributed by atoms with Crippen molar-refractivity contribution in [1.82, 2.24) is 29.5 Å². The zero-order valence-corrected chi connectivity index (χ0v) is 29.5. The molecule has 0 aliphatic carbocycles. The first-order valence-corrected chi connectivity index (χ1v) is 17.3. The summed E-state index contributed by atoms with van der Waals surface area (Å²) in [6, 6.07) is 3.04. The highest BCUT2D eigenvalue weighted by atomic mass is 35.5. The minimum atomic E-state index is -4.70. The smallest absolute Gasteiger partial charge is 0.418 e. The van der Waals surface area contributed by atoms with E-state index in [0.717, 1.165) is 36.7 Å². The van der Waals surface area contributed by atoms with Gasteiger partial charge in [-0.1, -0.05) is 18.5 Å². The normalized spacial score (nSPS) is 21.9. The van der Waals surface area contributed by atoms with Crippen molar-refractivity contribution in [3.05, 3.63) is 56.5 Å². The van der Waals surface area contributed by atoms with Crippen molar-refractivity contribution in [2.45, 2.75) is 89.6 Å². The number of aromatic nitrogens is 4. The van der Waals surface area contributed by atoms with E-state index in [1.807, 2.05) is 11.6 Å². The fourth-order valence-corrected chi connectivity index (χ4v) is 7.86. The number of fused-ring (bicyclic) bond motifs is 3. The Morgan fingerprint density at radius 1 is 1.18 bits per heavy atom. The van der Waals surface area contributed by atoms with E-state index < -0.39 is 29.0 Å². The van der Waals surface area contributed by atoms with Crippen molar-refractivity contribution in [1.29, 1.82) is 0 Å². The summed E-state index contributed by atoms with van der Waals surface area (Å²) in [4.78, 5) is 27.8. The van der Waals surface area contributed by atoms with E-state index in [0.29, 0.717) is 61.4 Å². The second-order valence-electron chi connectivity index (χ2n) is 13.4. The van der Waals surface area contributed by atoms with Gasteiger partial charge in [0.25, 0.3) is 5.91 Å². The highest BCUT2D eigenvalue weighted by molar-refractivity contribution is 6.31. The van der Waals surface area contributed by atoms with Gasteiger partial charge < -0.3 is 25.0 Å². The lowest BCUT2D eigenvalue weighted by molar-refractivity contribution is -0.139. The number of carbonyl (C=O) groups excluding carboxylic acids is 1. The molecular weight excluding hydrogens is 680 g/mol. The fraction of sp³-hybridized carbons (Fsp3) is 0.588. The molecule has 4 aliphatic heterocycles. The quantitative estimate of drug-likeness (QED) is 0.265. The number of ether oxygens (including phenoxy) is 2. The summed E-state index contributed by atoms with van der Waals surface area (Å²) in [5.74, 6) is 0.415. The van der Waals surface area contributed by atoms with Gasteiger partial charge in [0.2, 0.25) is 0 Å². The number of nitrogens with two attached hydrogens (primary N) is 1. The van der Waals surface area contributed by atoms with Crippen LogP contribution in [-0.2, 0) is 43.5 Å². The number of rotatable bonds is 5. The largest absolute Gasteiger partial charge is 0.467 e. The number of aryl methyl sites for hydroxylation is 1. The molecule has 16 heteroatoms. The van der Waals surface area contributed by atoms with E-state index in [9.17, 15) is 22.4 Å².